The number of allylic oxidation sites excluding steroid dienone is 1. The zero-order valence-electron chi connectivity index (χ0n) is 24.8. The molecule has 0 fully saturated rings. The molecule has 6 rings (SSSR count). The Morgan fingerprint density at radius 2 is 1.76 bits per heavy atom. The van der Waals surface area contributed by atoms with E-state index in [0.29, 0.717) is 42.6 Å². The van der Waals surface area contributed by atoms with E-state index in [1.54, 1.807) is 54.1 Å². The molecule has 0 saturated heterocycles. The summed E-state index contributed by atoms with van der Waals surface area (Å²) in [5, 5.41) is 5.45. The minimum atomic E-state index is -0.843. The molecule has 0 aliphatic carbocycles. The standard InChI is InChI=1S/C35H27ClN4O5S/c1-4-18-44-34(43)30-21(2)37-35-40(32(30)24-12-16-28(17-13-24)45-22(3)41)33(42)29(46-35)19-25-20-39(27-8-6-5-7-9-27)38-31(25)23-10-14-26(36)15-11-23/h4-17,19-20,32H,1,18H2,2-3H3/b29-19+/t32-/m1/s1. The molecule has 9 nitrogen and oxygen atoms in total. The Kier molecular flexibility index (Phi) is 8.65. The van der Waals surface area contributed by atoms with Crippen molar-refractivity contribution in [3.8, 4) is 22.7 Å². The number of esters is 2. The third-order valence-electron chi connectivity index (χ3n) is 7.20. The van der Waals surface area contributed by atoms with E-state index < -0.39 is 18.0 Å². The first-order chi connectivity index (χ1) is 22.2. The molecule has 0 saturated carbocycles. The number of thiazole rings is 1. The van der Waals surface area contributed by atoms with Crippen molar-refractivity contribution < 1.29 is 19.1 Å². The largest absolute Gasteiger partial charge is 0.458 e. The van der Waals surface area contributed by atoms with Crippen molar-refractivity contribution in [3.63, 3.8) is 0 Å². The Labute approximate surface area is 272 Å². The number of nitrogens with zero attached hydrogens (tertiary/aromatic N) is 4. The van der Waals surface area contributed by atoms with Crippen LogP contribution in [0.5, 0.6) is 5.75 Å². The van der Waals surface area contributed by atoms with Gasteiger partial charge in [0, 0.05) is 29.3 Å². The number of carbonyl (C=O) groups excluding carboxylic acids is 2. The molecule has 0 spiro atoms. The molecule has 1 aliphatic rings. The van der Waals surface area contributed by atoms with E-state index in [9.17, 15) is 14.4 Å². The zero-order chi connectivity index (χ0) is 32.4. The molecular weight excluding hydrogens is 624 g/mol. The second kappa shape index (κ2) is 13.0. The Balaban J connectivity index is 1.53. The van der Waals surface area contributed by atoms with E-state index in [1.165, 1.54) is 28.9 Å². The minimum absolute atomic E-state index is 0.00295. The first kappa shape index (κ1) is 30.7. The average Bonchev–Trinajstić information content (AvgIpc) is 3.60. The van der Waals surface area contributed by atoms with Crippen LogP contribution in [-0.4, -0.2) is 32.9 Å². The number of benzene rings is 3. The summed E-state index contributed by atoms with van der Waals surface area (Å²) in [7, 11) is 0. The van der Waals surface area contributed by atoms with Crippen LogP contribution in [0.3, 0.4) is 0 Å². The maximum absolute atomic E-state index is 14.2. The number of ether oxygens (including phenoxy) is 2. The lowest BCUT2D eigenvalue weighted by atomic mass is 9.96. The van der Waals surface area contributed by atoms with Gasteiger partial charge in [0.15, 0.2) is 4.80 Å². The fourth-order valence-corrected chi connectivity index (χ4v) is 6.34. The van der Waals surface area contributed by atoms with Gasteiger partial charge in [0.05, 0.1) is 27.5 Å². The van der Waals surface area contributed by atoms with Gasteiger partial charge in [-0.3, -0.25) is 14.2 Å². The van der Waals surface area contributed by atoms with Crippen molar-refractivity contribution in [2.24, 2.45) is 4.99 Å². The number of rotatable bonds is 8. The van der Waals surface area contributed by atoms with Crippen LogP contribution in [-0.2, 0) is 14.3 Å². The third kappa shape index (κ3) is 6.13. The molecule has 1 atom stereocenters. The van der Waals surface area contributed by atoms with E-state index >= 15 is 0 Å². The molecule has 0 radical (unpaired) electrons. The third-order valence-corrected chi connectivity index (χ3v) is 8.43. The molecule has 0 unspecified atom stereocenters. The summed E-state index contributed by atoms with van der Waals surface area (Å²) >= 11 is 7.38. The van der Waals surface area contributed by atoms with Crippen LogP contribution < -0.4 is 19.6 Å². The highest BCUT2D eigenvalue weighted by Crippen LogP contribution is 2.32. The highest BCUT2D eigenvalue weighted by Gasteiger charge is 2.33. The van der Waals surface area contributed by atoms with Crippen LogP contribution in [0.25, 0.3) is 23.0 Å². The summed E-state index contributed by atoms with van der Waals surface area (Å²) < 4.78 is 14.3. The van der Waals surface area contributed by atoms with Crippen LogP contribution in [0.4, 0.5) is 0 Å². The fourth-order valence-electron chi connectivity index (χ4n) is 5.17. The number of aromatic nitrogens is 3. The van der Waals surface area contributed by atoms with E-state index in [-0.39, 0.29) is 17.7 Å². The summed E-state index contributed by atoms with van der Waals surface area (Å²) in [4.78, 5) is 44.2. The van der Waals surface area contributed by atoms with Gasteiger partial charge in [-0.15, -0.1) is 0 Å². The lowest BCUT2D eigenvalue weighted by Crippen LogP contribution is -2.39. The fraction of sp³-hybridized carbons (Fsp3) is 0.114. The second-order valence-electron chi connectivity index (χ2n) is 10.4. The predicted molar refractivity (Wildman–Crippen MR) is 177 cm³/mol. The topological polar surface area (TPSA) is 105 Å². The van der Waals surface area contributed by atoms with Crippen LogP contribution in [0.1, 0.15) is 31.0 Å². The Bertz CT molecular complexity index is 2180. The van der Waals surface area contributed by atoms with Gasteiger partial charge in [0.1, 0.15) is 18.1 Å². The maximum Gasteiger partial charge on any atom is 0.338 e. The van der Waals surface area contributed by atoms with E-state index in [0.717, 1.165) is 11.3 Å². The lowest BCUT2D eigenvalue weighted by molar-refractivity contribution is -0.138. The van der Waals surface area contributed by atoms with Gasteiger partial charge in [0.2, 0.25) is 0 Å². The van der Waals surface area contributed by atoms with Crippen molar-refractivity contribution in [1.82, 2.24) is 14.3 Å². The Morgan fingerprint density at radius 3 is 2.43 bits per heavy atom. The second-order valence-corrected chi connectivity index (χ2v) is 11.8. The quantitative estimate of drug-likeness (QED) is 0.127. The Hall–Kier alpha value is -5.32. The Morgan fingerprint density at radius 1 is 1.04 bits per heavy atom. The summed E-state index contributed by atoms with van der Waals surface area (Å²) in [5.74, 6) is -0.734. The highest BCUT2D eigenvalue weighted by atomic mass is 35.5. The number of hydrogen-bond acceptors (Lipinski definition) is 8. The van der Waals surface area contributed by atoms with Crippen LogP contribution in [0, 0.1) is 0 Å². The number of fused-ring (bicyclic) bond motifs is 1. The van der Waals surface area contributed by atoms with Gasteiger partial charge in [-0.2, -0.15) is 5.10 Å². The molecule has 0 bridgehead atoms. The molecule has 46 heavy (non-hydrogen) atoms. The van der Waals surface area contributed by atoms with Crippen LogP contribution in [0.2, 0.25) is 5.02 Å². The van der Waals surface area contributed by atoms with E-state index in [2.05, 4.69) is 11.6 Å². The van der Waals surface area contributed by atoms with E-state index in [4.69, 9.17) is 26.2 Å². The molecule has 2 aromatic heterocycles. The first-order valence-corrected chi connectivity index (χ1v) is 15.4. The van der Waals surface area contributed by atoms with Crippen molar-refractivity contribution in [2.45, 2.75) is 19.9 Å². The van der Waals surface area contributed by atoms with E-state index in [1.807, 2.05) is 48.7 Å². The number of hydrogen-bond donors (Lipinski definition) is 0. The molecule has 230 valence electrons. The summed E-state index contributed by atoms with van der Waals surface area (Å²) in [6, 6.07) is 22.8. The average molecular weight is 651 g/mol. The smallest absolute Gasteiger partial charge is 0.338 e. The van der Waals surface area contributed by atoms with Gasteiger partial charge in [0.25, 0.3) is 5.56 Å². The number of carbonyl (C=O) groups is 2. The van der Waals surface area contributed by atoms with Gasteiger partial charge in [-0.1, -0.05) is 78.1 Å². The van der Waals surface area contributed by atoms with Gasteiger partial charge in [-0.25, -0.2) is 14.5 Å². The van der Waals surface area contributed by atoms with Crippen LogP contribution >= 0.6 is 22.9 Å². The van der Waals surface area contributed by atoms with Crippen molar-refractivity contribution in [1.29, 1.82) is 0 Å². The normalized spacial score (nSPS) is 14.4. The summed E-state index contributed by atoms with van der Waals surface area (Å²) in [6.07, 6.45) is 5.13. The van der Waals surface area contributed by atoms with Gasteiger partial charge in [-0.05, 0) is 55.0 Å². The molecule has 3 heterocycles. The minimum Gasteiger partial charge on any atom is -0.458 e. The maximum atomic E-state index is 14.2. The van der Waals surface area contributed by atoms with Crippen LogP contribution in [0.15, 0.2) is 119 Å². The molecule has 11 heteroatoms. The zero-order valence-corrected chi connectivity index (χ0v) is 26.4. The predicted octanol–water partition coefficient (Wildman–Crippen LogP) is 5.40. The highest BCUT2D eigenvalue weighted by molar-refractivity contribution is 7.07. The molecule has 5 aromatic rings. The molecule has 0 amide bonds. The first-order valence-electron chi connectivity index (χ1n) is 14.2. The SMILES string of the molecule is C=CCOC(=O)C1=C(C)N=c2s/c(=C/c3cn(-c4ccccc4)nc3-c3ccc(Cl)cc3)c(=O)n2[C@@H]1c1ccc(OC(C)=O)cc1. The summed E-state index contributed by atoms with van der Waals surface area (Å²) in [6.45, 7) is 6.65. The molecule has 0 N–H and O–H groups in total. The van der Waals surface area contributed by atoms with Crippen molar-refractivity contribution >= 4 is 41.0 Å². The summed E-state index contributed by atoms with van der Waals surface area (Å²) in [5.41, 5.74) is 3.97. The number of halogens is 1. The molecule has 3 aromatic carbocycles. The van der Waals surface area contributed by atoms with Crippen molar-refractivity contribution in [2.75, 3.05) is 6.61 Å². The van der Waals surface area contributed by atoms with Gasteiger partial charge >= 0.3 is 11.9 Å². The lowest BCUT2D eigenvalue weighted by Gasteiger charge is -2.24. The molecule has 1 aliphatic heterocycles. The van der Waals surface area contributed by atoms with Gasteiger partial charge < -0.3 is 9.47 Å². The number of para-hydroxylation sites is 1. The van der Waals surface area contributed by atoms with Crippen molar-refractivity contribution in [3.05, 3.63) is 145 Å². The molecular formula is C35H27ClN4O5S. The monoisotopic (exact) mass is 650 g/mol.